The second kappa shape index (κ2) is 7.18. The number of hydrogen-bond acceptors (Lipinski definition) is 5. The highest BCUT2D eigenvalue weighted by Crippen LogP contribution is 2.01. The minimum atomic E-state index is -3.17. The Kier molecular flexibility index (Phi) is 5.28. The first kappa shape index (κ1) is 16.2. The number of sulfonamides is 1. The van der Waals surface area contributed by atoms with Gasteiger partial charge in [0.2, 0.25) is 10.0 Å². The van der Waals surface area contributed by atoms with Crippen LogP contribution < -0.4 is 15.4 Å². The number of nitrogens with zero attached hydrogens (tertiary/aromatic N) is 4. The molecular formula is C12H19N7O2S. The number of aliphatic imine (C=N–C) groups is 1. The fourth-order valence-electron chi connectivity index (χ4n) is 1.81. The van der Waals surface area contributed by atoms with Gasteiger partial charge >= 0.3 is 0 Å². The standard InChI is InChI=1S/C12H19N7O2S/c1-13-12(14-6-7-16-22(2,20)21)15-9-11-18-17-10-5-3-4-8-19(10)11/h3-5,8,16H,6-7,9H2,1-2H3,(H2,13,14,15). The lowest BCUT2D eigenvalue weighted by Gasteiger charge is -2.11. The average molecular weight is 325 g/mol. The maximum absolute atomic E-state index is 10.9. The van der Waals surface area contributed by atoms with Gasteiger partial charge in [0.1, 0.15) is 0 Å². The Labute approximate surface area is 128 Å². The smallest absolute Gasteiger partial charge is 0.208 e. The van der Waals surface area contributed by atoms with Crippen molar-refractivity contribution in [1.82, 2.24) is 30.0 Å². The van der Waals surface area contributed by atoms with Crippen molar-refractivity contribution in [1.29, 1.82) is 0 Å². The molecule has 2 aromatic heterocycles. The monoisotopic (exact) mass is 325 g/mol. The first-order valence-corrected chi connectivity index (χ1v) is 8.56. The van der Waals surface area contributed by atoms with Crippen LogP contribution >= 0.6 is 0 Å². The predicted molar refractivity (Wildman–Crippen MR) is 84.0 cm³/mol. The quantitative estimate of drug-likeness (QED) is 0.355. The van der Waals surface area contributed by atoms with Crippen LogP contribution in [0.5, 0.6) is 0 Å². The van der Waals surface area contributed by atoms with Crippen LogP contribution in [0, 0.1) is 0 Å². The van der Waals surface area contributed by atoms with Crippen molar-refractivity contribution in [2.45, 2.75) is 6.54 Å². The van der Waals surface area contributed by atoms with Crippen molar-refractivity contribution in [3.8, 4) is 0 Å². The molecule has 0 saturated carbocycles. The van der Waals surface area contributed by atoms with Gasteiger partial charge in [-0.1, -0.05) is 6.07 Å². The molecule has 0 saturated heterocycles. The van der Waals surface area contributed by atoms with Gasteiger partial charge in [0.05, 0.1) is 12.8 Å². The Hall–Kier alpha value is -2.20. The molecule has 0 aliphatic carbocycles. The second-order valence-electron chi connectivity index (χ2n) is 4.56. The number of guanidine groups is 1. The number of aromatic nitrogens is 3. The Morgan fingerprint density at radius 1 is 1.27 bits per heavy atom. The molecular weight excluding hydrogens is 306 g/mol. The van der Waals surface area contributed by atoms with E-state index in [1.807, 2.05) is 28.8 Å². The summed E-state index contributed by atoms with van der Waals surface area (Å²) in [5.41, 5.74) is 0.777. The number of pyridine rings is 1. The molecule has 2 rings (SSSR count). The summed E-state index contributed by atoms with van der Waals surface area (Å²) in [5, 5.41) is 14.3. The van der Waals surface area contributed by atoms with Gasteiger partial charge in [-0.05, 0) is 12.1 Å². The number of fused-ring (bicyclic) bond motifs is 1. The summed E-state index contributed by atoms with van der Waals surface area (Å²) in [6.45, 7) is 1.16. The largest absolute Gasteiger partial charge is 0.355 e. The van der Waals surface area contributed by atoms with Crippen molar-refractivity contribution >= 4 is 21.6 Å². The molecule has 9 nitrogen and oxygen atoms in total. The van der Waals surface area contributed by atoms with E-state index in [4.69, 9.17) is 0 Å². The molecule has 22 heavy (non-hydrogen) atoms. The lowest BCUT2D eigenvalue weighted by Crippen LogP contribution is -2.41. The van der Waals surface area contributed by atoms with Gasteiger partial charge in [-0.25, -0.2) is 13.1 Å². The Morgan fingerprint density at radius 3 is 2.82 bits per heavy atom. The molecule has 120 valence electrons. The highest BCUT2D eigenvalue weighted by Gasteiger charge is 2.05. The van der Waals surface area contributed by atoms with Gasteiger partial charge in [-0.2, -0.15) is 0 Å². The van der Waals surface area contributed by atoms with Crippen molar-refractivity contribution in [3.05, 3.63) is 30.2 Å². The first-order valence-electron chi connectivity index (χ1n) is 6.67. The van der Waals surface area contributed by atoms with E-state index < -0.39 is 10.0 Å². The molecule has 0 amide bonds. The third-order valence-corrected chi connectivity index (χ3v) is 3.53. The molecule has 0 spiro atoms. The van der Waals surface area contributed by atoms with Crippen molar-refractivity contribution in [3.63, 3.8) is 0 Å². The van der Waals surface area contributed by atoms with E-state index in [-0.39, 0.29) is 6.54 Å². The Bertz CT molecular complexity index is 754. The van der Waals surface area contributed by atoms with Gasteiger partial charge in [0.15, 0.2) is 17.4 Å². The topological polar surface area (TPSA) is 113 Å². The van der Waals surface area contributed by atoms with Gasteiger partial charge in [0, 0.05) is 26.3 Å². The molecule has 2 aromatic rings. The van der Waals surface area contributed by atoms with E-state index >= 15 is 0 Å². The fraction of sp³-hybridized carbons (Fsp3) is 0.417. The van der Waals surface area contributed by atoms with Crippen molar-refractivity contribution < 1.29 is 8.42 Å². The summed E-state index contributed by atoms with van der Waals surface area (Å²) in [4.78, 5) is 4.06. The third kappa shape index (κ3) is 4.67. The SMILES string of the molecule is CN=C(NCCNS(C)(=O)=O)NCc1nnc2ccccn12. The molecule has 3 N–H and O–H groups in total. The summed E-state index contributed by atoms with van der Waals surface area (Å²) >= 11 is 0. The van der Waals surface area contributed by atoms with Crippen LogP contribution in [-0.4, -0.2) is 55.4 Å². The number of nitrogens with one attached hydrogen (secondary N) is 3. The lowest BCUT2D eigenvalue weighted by atomic mass is 10.4. The molecule has 0 radical (unpaired) electrons. The summed E-state index contributed by atoms with van der Waals surface area (Å²) < 4.78 is 26.2. The van der Waals surface area contributed by atoms with Crippen LogP contribution in [-0.2, 0) is 16.6 Å². The zero-order valence-electron chi connectivity index (χ0n) is 12.4. The summed E-state index contributed by atoms with van der Waals surface area (Å²) in [6, 6.07) is 5.68. The van der Waals surface area contributed by atoms with E-state index in [2.05, 4.69) is 30.5 Å². The molecule has 0 aliphatic rings. The number of hydrogen-bond donors (Lipinski definition) is 3. The van der Waals surface area contributed by atoms with Gasteiger partial charge in [0.25, 0.3) is 0 Å². The number of rotatable bonds is 6. The van der Waals surface area contributed by atoms with Crippen LogP contribution in [0.2, 0.25) is 0 Å². The summed E-state index contributed by atoms with van der Waals surface area (Å²) in [5.74, 6) is 1.32. The molecule has 0 aromatic carbocycles. The van der Waals surface area contributed by atoms with Gasteiger partial charge < -0.3 is 10.6 Å². The van der Waals surface area contributed by atoms with Crippen LogP contribution in [0.25, 0.3) is 5.65 Å². The molecule has 10 heteroatoms. The molecule has 2 heterocycles. The third-order valence-electron chi connectivity index (χ3n) is 2.80. The van der Waals surface area contributed by atoms with Crippen LogP contribution in [0.4, 0.5) is 0 Å². The van der Waals surface area contributed by atoms with E-state index in [0.717, 1.165) is 17.7 Å². The minimum absolute atomic E-state index is 0.285. The zero-order valence-corrected chi connectivity index (χ0v) is 13.3. The van der Waals surface area contributed by atoms with Crippen LogP contribution in [0.15, 0.2) is 29.4 Å². The van der Waals surface area contributed by atoms with Crippen molar-refractivity contribution in [2.24, 2.45) is 4.99 Å². The first-order chi connectivity index (χ1) is 10.5. The lowest BCUT2D eigenvalue weighted by molar-refractivity contribution is 0.586. The van der Waals surface area contributed by atoms with E-state index in [1.54, 1.807) is 7.05 Å². The van der Waals surface area contributed by atoms with Crippen LogP contribution in [0.1, 0.15) is 5.82 Å². The van der Waals surface area contributed by atoms with Gasteiger partial charge in [-0.3, -0.25) is 9.39 Å². The van der Waals surface area contributed by atoms with E-state index in [0.29, 0.717) is 19.0 Å². The summed E-state index contributed by atoms with van der Waals surface area (Å²) in [7, 11) is -1.53. The summed E-state index contributed by atoms with van der Waals surface area (Å²) in [6.07, 6.45) is 3.01. The second-order valence-corrected chi connectivity index (χ2v) is 6.40. The fourth-order valence-corrected chi connectivity index (χ4v) is 2.29. The highest BCUT2D eigenvalue weighted by atomic mass is 32.2. The zero-order chi connectivity index (χ0) is 16.0. The predicted octanol–water partition coefficient (Wildman–Crippen LogP) is -1.06. The highest BCUT2D eigenvalue weighted by molar-refractivity contribution is 7.88. The molecule has 0 unspecified atom stereocenters. The maximum Gasteiger partial charge on any atom is 0.208 e. The Morgan fingerprint density at radius 2 is 2.09 bits per heavy atom. The van der Waals surface area contributed by atoms with Gasteiger partial charge in [-0.15, -0.1) is 10.2 Å². The maximum atomic E-state index is 10.9. The molecule has 0 bridgehead atoms. The van der Waals surface area contributed by atoms with E-state index in [1.165, 1.54) is 0 Å². The molecule has 0 aliphatic heterocycles. The minimum Gasteiger partial charge on any atom is -0.355 e. The average Bonchev–Trinajstić information content (AvgIpc) is 2.89. The molecule has 0 fully saturated rings. The molecule has 0 atom stereocenters. The Balaban J connectivity index is 1.84. The van der Waals surface area contributed by atoms with Crippen molar-refractivity contribution in [2.75, 3.05) is 26.4 Å². The van der Waals surface area contributed by atoms with E-state index in [9.17, 15) is 8.42 Å². The normalized spacial score (nSPS) is 12.5. The van der Waals surface area contributed by atoms with Crippen LogP contribution in [0.3, 0.4) is 0 Å².